The van der Waals surface area contributed by atoms with Gasteiger partial charge in [-0.25, -0.2) is 4.79 Å². The summed E-state index contributed by atoms with van der Waals surface area (Å²) in [5, 5.41) is 22.8. The first-order valence-electron chi connectivity index (χ1n) is 12.6. The number of fused-ring (bicyclic) bond motifs is 5. The molecule has 5 rings (SSSR count). The van der Waals surface area contributed by atoms with Crippen molar-refractivity contribution in [2.45, 2.75) is 58.3 Å². The van der Waals surface area contributed by atoms with Crippen molar-refractivity contribution in [1.82, 2.24) is 0 Å². The molecule has 0 radical (unpaired) electrons. The summed E-state index contributed by atoms with van der Waals surface area (Å²) in [4.78, 5) is 38.8. The third-order valence-corrected chi connectivity index (χ3v) is 9.44. The molecule has 7 nitrogen and oxygen atoms in total. The van der Waals surface area contributed by atoms with E-state index in [4.69, 9.17) is 9.47 Å². The zero-order valence-corrected chi connectivity index (χ0v) is 21.4. The molecule has 1 aromatic rings. The van der Waals surface area contributed by atoms with E-state index in [1.165, 1.54) is 6.92 Å². The highest BCUT2D eigenvalue weighted by molar-refractivity contribution is 6.00. The highest BCUT2D eigenvalue weighted by atomic mass is 16.6. The van der Waals surface area contributed by atoms with E-state index >= 15 is 0 Å². The third-order valence-electron chi connectivity index (χ3n) is 9.44. The van der Waals surface area contributed by atoms with Gasteiger partial charge in [0.05, 0.1) is 17.8 Å². The SMILES string of the molecule is CC(=O)O[C@@]12[C@H](OC(=O)c3ccccc3)[C@@H](C)[C@]3(O)[C@@H]4C=C(C)C(=O)[C@H]4CC(CO)=C[C@H]3[C@@H]1C2(C)C. The molecule has 2 saturated carbocycles. The molecule has 0 aromatic heterocycles. The lowest BCUT2D eigenvalue weighted by atomic mass is 9.60. The van der Waals surface area contributed by atoms with Crippen LogP contribution in [0, 0.1) is 35.0 Å². The Labute approximate surface area is 211 Å². The van der Waals surface area contributed by atoms with E-state index < -0.39 is 58.3 Å². The number of rotatable bonds is 4. The zero-order valence-electron chi connectivity index (χ0n) is 21.4. The van der Waals surface area contributed by atoms with Gasteiger partial charge >= 0.3 is 11.9 Å². The van der Waals surface area contributed by atoms with Crippen LogP contribution in [0.15, 0.2) is 53.6 Å². The van der Waals surface area contributed by atoms with Gasteiger partial charge in [0.2, 0.25) is 0 Å². The molecule has 8 atom stereocenters. The molecule has 0 saturated heterocycles. The van der Waals surface area contributed by atoms with Crippen molar-refractivity contribution in [2.24, 2.45) is 35.0 Å². The van der Waals surface area contributed by atoms with Crippen LogP contribution in [0.1, 0.15) is 51.4 Å². The van der Waals surface area contributed by atoms with Gasteiger partial charge in [-0.05, 0) is 36.6 Å². The summed E-state index contributed by atoms with van der Waals surface area (Å²) in [5.74, 6) is -3.69. The molecule has 7 heteroatoms. The number of hydrogen-bond donors (Lipinski definition) is 2. The minimum atomic E-state index is -1.46. The molecule has 4 aliphatic carbocycles. The number of aliphatic hydroxyl groups excluding tert-OH is 1. The summed E-state index contributed by atoms with van der Waals surface area (Å²) in [6.45, 7) is 8.59. The Morgan fingerprint density at radius 3 is 2.39 bits per heavy atom. The van der Waals surface area contributed by atoms with Crippen LogP contribution in [0.25, 0.3) is 0 Å². The van der Waals surface area contributed by atoms with Crippen molar-refractivity contribution in [3.8, 4) is 0 Å². The van der Waals surface area contributed by atoms with Gasteiger partial charge in [-0.3, -0.25) is 9.59 Å². The largest absolute Gasteiger partial charge is 0.454 e. The molecular formula is C29H34O7. The molecule has 36 heavy (non-hydrogen) atoms. The average molecular weight is 495 g/mol. The van der Waals surface area contributed by atoms with Crippen LogP contribution in [0.5, 0.6) is 0 Å². The topological polar surface area (TPSA) is 110 Å². The highest BCUT2D eigenvalue weighted by Gasteiger charge is 2.87. The number of ether oxygens (including phenoxy) is 2. The number of hydrogen-bond acceptors (Lipinski definition) is 7. The predicted molar refractivity (Wildman–Crippen MR) is 131 cm³/mol. The first-order valence-corrected chi connectivity index (χ1v) is 12.6. The maximum Gasteiger partial charge on any atom is 0.338 e. The number of esters is 2. The predicted octanol–water partition coefficient (Wildman–Crippen LogP) is 3.25. The lowest BCUT2D eigenvalue weighted by Gasteiger charge is -2.52. The minimum absolute atomic E-state index is 0.0367. The van der Waals surface area contributed by atoms with Gasteiger partial charge in [0.25, 0.3) is 0 Å². The number of benzene rings is 1. The van der Waals surface area contributed by atoms with Gasteiger partial charge in [0.1, 0.15) is 6.10 Å². The summed E-state index contributed by atoms with van der Waals surface area (Å²) in [6.07, 6.45) is 3.14. The van der Waals surface area contributed by atoms with Crippen LogP contribution in [-0.4, -0.2) is 51.8 Å². The maximum absolute atomic E-state index is 13.3. The van der Waals surface area contributed by atoms with Crippen LogP contribution >= 0.6 is 0 Å². The quantitative estimate of drug-likeness (QED) is 0.488. The zero-order chi connectivity index (χ0) is 26.2. The van der Waals surface area contributed by atoms with E-state index in [1.807, 2.05) is 32.9 Å². The number of carbonyl (C=O) groups is 3. The van der Waals surface area contributed by atoms with Gasteiger partial charge < -0.3 is 19.7 Å². The van der Waals surface area contributed by atoms with Crippen LogP contribution in [0.2, 0.25) is 0 Å². The first-order chi connectivity index (χ1) is 16.9. The van der Waals surface area contributed by atoms with Crippen LogP contribution in [0.3, 0.4) is 0 Å². The van der Waals surface area contributed by atoms with Gasteiger partial charge in [0.15, 0.2) is 11.4 Å². The fraction of sp³-hybridized carbons (Fsp3) is 0.552. The Bertz CT molecular complexity index is 1180. The van der Waals surface area contributed by atoms with Gasteiger partial charge in [0, 0.05) is 41.9 Å². The Morgan fingerprint density at radius 2 is 1.78 bits per heavy atom. The second-order valence-electron chi connectivity index (χ2n) is 11.5. The Morgan fingerprint density at radius 1 is 1.11 bits per heavy atom. The number of allylic oxidation sites excluding steroid dienone is 1. The fourth-order valence-corrected chi connectivity index (χ4v) is 7.75. The first kappa shape index (κ1) is 24.9. The highest BCUT2D eigenvalue weighted by Crippen LogP contribution is 2.76. The van der Waals surface area contributed by atoms with Gasteiger partial charge in [-0.15, -0.1) is 0 Å². The summed E-state index contributed by atoms with van der Waals surface area (Å²) < 4.78 is 12.2. The molecule has 0 spiro atoms. The van der Waals surface area contributed by atoms with Gasteiger partial charge in [-0.2, -0.15) is 0 Å². The molecule has 1 aromatic carbocycles. The molecule has 0 bridgehead atoms. The lowest BCUT2D eigenvalue weighted by molar-refractivity contribution is -0.207. The number of ketones is 1. The Balaban J connectivity index is 1.67. The van der Waals surface area contributed by atoms with Crippen molar-refractivity contribution in [1.29, 1.82) is 0 Å². The third kappa shape index (κ3) is 3.15. The van der Waals surface area contributed by atoms with Crippen molar-refractivity contribution in [3.63, 3.8) is 0 Å². The second-order valence-corrected chi connectivity index (χ2v) is 11.5. The molecule has 192 valence electrons. The van der Waals surface area contributed by atoms with E-state index in [9.17, 15) is 24.6 Å². The van der Waals surface area contributed by atoms with Crippen LogP contribution < -0.4 is 0 Å². The minimum Gasteiger partial charge on any atom is -0.454 e. The van der Waals surface area contributed by atoms with Gasteiger partial charge in [-0.1, -0.05) is 51.1 Å². The van der Waals surface area contributed by atoms with Crippen LogP contribution in [-0.2, 0) is 19.1 Å². The van der Waals surface area contributed by atoms with Crippen molar-refractivity contribution in [2.75, 3.05) is 6.61 Å². The summed E-state index contributed by atoms with van der Waals surface area (Å²) in [7, 11) is 0. The van der Waals surface area contributed by atoms with E-state index in [-0.39, 0.29) is 18.3 Å². The number of carbonyl (C=O) groups excluding carboxylic acids is 3. The fourth-order valence-electron chi connectivity index (χ4n) is 7.75. The Hall–Kier alpha value is -2.77. The van der Waals surface area contributed by atoms with E-state index in [2.05, 4.69) is 0 Å². The number of Topliss-reactive ketones (excluding diaryl/α,β-unsaturated/α-hetero) is 1. The second kappa shape index (κ2) is 8.12. The molecule has 0 unspecified atom stereocenters. The monoisotopic (exact) mass is 494 g/mol. The molecule has 2 fully saturated rings. The normalized spacial score (nSPS) is 40.0. The standard InChI is InChI=1S/C29H34O7/c1-15-11-21-20(23(15)32)12-18(14-30)13-22-24-27(4,5)29(24,36-17(3)31)25(16(2)28(21,22)34)35-26(33)19-9-7-6-8-10-19/h6-11,13,16,20-22,24-25,30,34H,12,14H2,1-5H3/t16-,20+,21-,22+,24-,25-,28+,29-/m1/s1. The van der Waals surface area contributed by atoms with E-state index in [0.29, 0.717) is 23.1 Å². The summed E-state index contributed by atoms with van der Waals surface area (Å²) in [6, 6.07) is 8.59. The average Bonchev–Trinajstić information content (AvgIpc) is 3.23. The van der Waals surface area contributed by atoms with E-state index in [0.717, 1.165) is 0 Å². The molecule has 0 heterocycles. The molecule has 0 aliphatic heterocycles. The summed E-state index contributed by atoms with van der Waals surface area (Å²) >= 11 is 0. The van der Waals surface area contributed by atoms with Crippen molar-refractivity contribution in [3.05, 3.63) is 59.2 Å². The molecular weight excluding hydrogens is 460 g/mol. The van der Waals surface area contributed by atoms with Crippen molar-refractivity contribution < 1.29 is 34.1 Å². The van der Waals surface area contributed by atoms with E-state index in [1.54, 1.807) is 37.3 Å². The van der Waals surface area contributed by atoms with Crippen LogP contribution in [0.4, 0.5) is 0 Å². The molecule has 0 amide bonds. The number of aliphatic hydroxyl groups is 2. The van der Waals surface area contributed by atoms with Crippen molar-refractivity contribution >= 4 is 17.7 Å². The summed E-state index contributed by atoms with van der Waals surface area (Å²) in [5.41, 5.74) is -1.61. The smallest absolute Gasteiger partial charge is 0.338 e. The molecule has 2 N–H and O–H groups in total. The lowest BCUT2D eigenvalue weighted by Crippen LogP contribution is -2.63. The maximum atomic E-state index is 13.3. The molecule has 4 aliphatic rings. The Kier molecular flexibility index (Phi) is 5.62.